The van der Waals surface area contributed by atoms with Crippen molar-refractivity contribution >= 4 is 17.7 Å². The van der Waals surface area contributed by atoms with E-state index in [4.69, 9.17) is 4.74 Å². The topological polar surface area (TPSA) is 46.5 Å². The van der Waals surface area contributed by atoms with Gasteiger partial charge in [-0.05, 0) is 30.7 Å². The number of carboxylic acid groups (broad SMARTS) is 1. The van der Waals surface area contributed by atoms with Crippen LogP contribution in [0.1, 0.15) is 39.0 Å². The molecule has 0 amide bonds. The monoisotopic (exact) mass is 282 g/mol. The van der Waals surface area contributed by atoms with Crippen molar-refractivity contribution in [2.75, 3.05) is 7.11 Å². The van der Waals surface area contributed by atoms with Crippen LogP contribution in [0.25, 0.3) is 0 Å². The zero-order valence-electron chi connectivity index (χ0n) is 11.6. The van der Waals surface area contributed by atoms with E-state index in [1.54, 1.807) is 7.11 Å². The molecule has 0 radical (unpaired) electrons. The van der Waals surface area contributed by atoms with Crippen molar-refractivity contribution < 1.29 is 14.6 Å². The number of ether oxygens (including phenoxy) is 1. The summed E-state index contributed by atoms with van der Waals surface area (Å²) < 4.78 is 5.09. The molecule has 0 saturated heterocycles. The minimum Gasteiger partial charge on any atom is -0.497 e. The standard InChI is InChI=1S/C15H22O3S/c1-3-4-5-6-7-14(15(16)17)19-13-10-8-12(18-2)9-11-13/h8-11,14H,3-7H2,1-2H3,(H,16,17)/t14-/m0/s1. The van der Waals surface area contributed by atoms with E-state index in [-0.39, 0.29) is 5.25 Å². The summed E-state index contributed by atoms with van der Waals surface area (Å²) in [6, 6.07) is 7.54. The highest BCUT2D eigenvalue weighted by Gasteiger charge is 2.18. The molecule has 1 atom stereocenters. The van der Waals surface area contributed by atoms with Crippen molar-refractivity contribution in [1.82, 2.24) is 0 Å². The van der Waals surface area contributed by atoms with Gasteiger partial charge in [0.1, 0.15) is 11.0 Å². The number of rotatable bonds is 9. The normalized spacial score (nSPS) is 12.1. The first-order valence-corrected chi connectivity index (χ1v) is 7.58. The van der Waals surface area contributed by atoms with Crippen LogP contribution in [-0.4, -0.2) is 23.4 Å². The van der Waals surface area contributed by atoms with Gasteiger partial charge in [-0.15, -0.1) is 11.8 Å². The van der Waals surface area contributed by atoms with Gasteiger partial charge in [0.25, 0.3) is 0 Å². The summed E-state index contributed by atoms with van der Waals surface area (Å²) in [4.78, 5) is 12.2. The summed E-state index contributed by atoms with van der Waals surface area (Å²) in [6.45, 7) is 2.15. The number of hydrogen-bond acceptors (Lipinski definition) is 3. The molecule has 0 aliphatic heterocycles. The van der Waals surface area contributed by atoms with Gasteiger partial charge in [0.2, 0.25) is 0 Å². The number of aliphatic carboxylic acids is 1. The van der Waals surface area contributed by atoms with Gasteiger partial charge in [-0.3, -0.25) is 4.79 Å². The number of thioether (sulfide) groups is 1. The number of unbranched alkanes of at least 4 members (excludes halogenated alkanes) is 3. The van der Waals surface area contributed by atoms with Gasteiger partial charge in [-0.2, -0.15) is 0 Å². The molecule has 1 aromatic carbocycles. The third-order valence-corrected chi connectivity index (χ3v) is 4.20. The Kier molecular flexibility index (Phi) is 7.41. The highest BCUT2D eigenvalue weighted by Crippen LogP contribution is 2.28. The Hall–Kier alpha value is -1.16. The Labute approximate surface area is 119 Å². The van der Waals surface area contributed by atoms with Crippen molar-refractivity contribution in [3.63, 3.8) is 0 Å². The number of benzene rings is 1. The first-order chi connectivity index (χ1) is 9.17. The van der Waals surface area contributed by atoms with Crippen molar-refractivity contribution in [3.8, 4) is 5.75 Å². The van der Waals surface area contributed by atoms with Crippen LogP contribution in [0.5, 0.6) is 5.75 Å². The summed E-state index contributed by atoms with van der Waals surface area (Å²) in [6.07, 6.45) is 5.17. The quantitative estimate of drug-likeness (QED) is 0.544. The molecule has 0 aliphatic carbocycles. The fourth-order valence-corrected chi connectivity index (χ4v) is 2.81. The van der Waals surface area contributed by atoms with Gasteiger partial charge in [-0.25, -0.2) is 0 Å². The minimum absolute atomic E-state index is 0.356. The maximum atomic E-state index is 11.2. The molecule has 0 aliphatic rings. The van der Waals surface area contributed by atoms with Crippen LogP contribution in [0, 0.1) is 0 Å². The smallest absolute Gasteiger partial charge is 0.316 e. The molecule has 0 aromatic heterocycles. The zero-order valence-corrected chi connectivity index (χ0v) is 12.4. The van der Waals surface area contributed by atoms with Crippen LogP contribution in [0.15, 0.2) is 29.2 Å². The maximum Gasteiger partial charge on any atom is 0.316 e. The Bertz CT molecular complexity index is 375. The van der Waals surface area contributed by atoms with Crippen LogP contribution >= 0.6 is 11.8 Å². The molecule has 1 N–H and O–H groups in total. The predicted molar refractivity (Wildman–Crippen MR) is 79.0 cm³/mol. The molecule has 0 spiro atoms. The molecule has 1 rings (SSSR count). The summed E-state index contributed by atoms with van der Waals surface area (Å²) in [5, 5.41) is 8.89. The highest BCUT2D eigenvalue weighted by molar-refractivity contribution is 8.00. The Morgan fingerprint density at radius 2 is 1.95 bits per heavy atom. The lowest BCUT2D eigenvalue weighted by molar-refractivity contribution is -0.136. The van der Waals surface area contributed by atoms with Gasteiger partial charge in [0.05, 0.1) is 7.11 Å². The van der Waals surface area contributed by atoms with Crippen molar-refractivity contribution in [1.29, 1.82) is 0 Å². The van der Waals surface area contributed by atoms with Crippen LogP contribution in [0.2, 0.25) is 0 Å². The van der Waals surface area contributed by atoms with Gasteiger partial charge in [-0.1, -0.05) is 32.6 Å². The lowest BCUT2D eigenvalue weighted by atomic mass is 10.1. The average Bonchev–Trinajstić information content (AvgIpc) is 2.42. The van der Waals surface area contributed by atoms with E-state index in [2.05, 4.69) is 6.92 Å². The molecule has 1 aromatic rings. The first kappa shape index (κ1) is 15.9. The molecule has 3 nitrogen and oxygen atoms in total. The number of hydrogen-bond donors (Lipinski definition) is 1. The van der Waals surface area contributed by atoms with E-state index in [1.165, 1.54) is 24.6 Å². The van der Waals surface area contributed by atoms with Crippen molar-refractivity contribution in [2.45, 2.75) is 49.2 Å². The summed E-state index contributed by atoms with van der Waals surface area (Å²) in [7, 11) is 1.62. The molecule has 0 heterocycles. The van der Waals surface area contributed by atoms with Crippen molar-refractivity contribution in [2.24, 2.45) is 0 Å². The molecule has 0 fully saturated rings. The fraction of sp³-hybridized carbons (Fsp3) is 0.533. The number of carbonyl (C=O) groups is 1. The van der Waals surface area contributed by atoms with E-state index < -0.39 is 5.97 Å². The van der Waals surface area contributed by atoms with E-state index in [0.29, 0.717) is 0 Å². The predicted octanol–water partition coefficient (Wildman–Crippen LogP) is 4.21. The molecular formula is C15H22O3S. The van der Waals surface area contributed by atoms with Gasteiger partial charge in [0.15, 0.2) is 0 Å². The van der Waals surface area contributed by atoms with Crippen LogP contribution in [0.3, 0.4) is 0 Å². The Balaban J connectivity index is 2.49. The molecule has 0 saturated carbocycles. The Morgan fingerprint density at radius 1 is 1.26 bits per heavy atom. The molecule has 4 heteroatoms. The zero-order chi connectivity index (χ0) is 14.1. The molecule has 0 unspecified atom stereocenters. The summed E-state index contributed by atoms with van der Waals surface area (Å²) in [5.41, 5.74) is 0. The second-order valence-electron chi connectivity index (χ2n) is 4.47. The summed E-state index contributed by atoms with van der Waals surface area (Å²) >= 11 is 1.42. The second-order valence-corrected chi connectivity index (χ2v) is 5.75. The molecular weight excluding hydrogens is 260 g/mol. The van der Waals surface area contributed by atoms with Gasteiger partial charge < -0.3 is 9.84 Å². The molecule has 19 heavy (non-hydrogen) atoms. The highest BCUT2D eigenvalue weighted by atomic mass is 32.2. The van der Waals surface area contributed by atoms with Crippen LogP contribution in [0.4, 0.5) is 0 Å². The molecule has 0 bridgehead atoms. The largest absolute Gasteiger partial charge is 0.497 e. The van der Waals surface area contributed by atoms with Gasteiger partial charge in [0, 0.05) is 4.90 Å². The van der Waals surface area contributed by atoms with Gasteiger partial charge >= 0.3 is 5.97 Å². The minimum atomic E-state index is -0.725. The lowest BCUT2D eigenvalue weighted by Crippen LogP contribution is -2.16. The first-order valence-electron chi connectivity index (χ1n) is 6.71. The van der Waals surface area contributed by atoms with E-state index >= 15 is 0 Å². The molecule has 106 valence electrons. The van der Waals surface area contributed by atoms with E-state index in [0.717, 1.165) is 29.9 Å². The second kappa shape index (κ2) is 8.86. The van der Waals surface area contributed by atoms with Crippen molar-refractivity contribution in [3.05, 3.63) is 24.3 Å². The third-order valence-electron chi connectivity index (χ3n) is 2.93. The summed E-state index contributed by atoms with van der Waals surface area (Å²) in [5.74, 6) is 0.0662. The SMILES string of the molecule is CCCCCC[C@H](Sc1ccc(OC)cc1)C(=O)O. The Morgan fingerprint density at radius 3 is 2.47 bits per heavy atom. The average molecular weight is 282 g/mol. The van der Waals surface area contributed by atoms with E-state index in [1.807, 2.05) is 24.3 Å². The fourth-order valence-electron chi connectivity index (χ4n) is 1.81. The van der Waals surface area contributed by atoms with Crippen LogP contribution < -0.4 is 4.74 Å². The third kappa shape index (κ3) is 6.01. The van der Waals surface area contributed by atoms with E-state index in [9.17, 15) is 9.90 Å². The van der Waals surface area contributed by atoms with Crippen LogP contribution in [-0.2, 0) is 4.79 Å². The lowest BCUT2D eigenvalue weighted by Gasteiger charge is -2.12. The maximum absolute atomic E-state index is 11.2. The number of methoxy groups -OCH3 is 1. The number of carboxylic acids is 1.